The van der Waals surface area contributed by atoms with Crippen molar-refractivity contribution in [3.63, 3.8) is 0 Å². The average molecular weight is 454 g/mol. The average Bonchev–Trinajstić information content (AvgIpc) is 3.08. The number of Topliss-reactive ketones (excluding diaryl/α,β-unsaturated/α-hetero) is 1. The molecule has 0 saturated heterocycles. The normalized spacial score (nSPS) is 12.7. The van der Waals surface area contributed by atoms with E-state index in [4.69, 9.17) is 16.3 Å². The van der Waals surface area contributed by atoms with E-state index in [2.05, 4.69) is 12.1 Å². The third-order valence-electron chi connectivity index (χ3n) is 5.64. The molecule has 0 radical (unpaired) electrons. The highest BCUT2D eigenvalue weighted by Gasteiger charge is 2.36. The smallest absolute Gasteiger partial charge is 0.299 e. The maximum absolute atomic E-state index is 12.7. The molecule has 33 heavy (non-hydrogen) atoms. The van der Waals surface area contributed by atoms with Crippen LogP contribution in [0.4, 0.5) is 5.69 Å². The molecule has 0 saturated carbocycles. The summed E-state index contributed by atoms with van der Waals surface area (Å²) in [6.07, 6.45) is 0. The number of hydrogen-bond acceptors (Lipinski definition) is 3. The molecule has 1 aliphatic rings. The van der Waals surface area contributed by atoms with E-state index in [1.54, 1.807) is 24.3 Å². The molecule has 0 atom stereocenters. The van der Waals surface area contributed by atoms with Crippen LogP contribution in [0.25, 0.3) is 11.1 Å². The fourth-order valence-electron chi connectivity index (χ4n) is 3.94. The van der Waals surface area contributed by atoms with Crippen LogP contribution < -0.4 is 9.64 Å². The molecule has 0 N–H and O–H groups in total. The van der Waals surface area contributed by atoms with Gasteiger partial charge in [-0.2, -0.15) is 0 Å². The van der Waals surface area contributed by atoms with Crippen molar-refractivity contribution in [1.82, 2.24) is 0 Å². The van der Waals surface area contributed by atoms with Crippen molar-refractivity contribution in [2.24, 2.45) is 0 Å². The minimum atomic E-state index is -0.524. The van der Waals surface area contributed by atoms with E-state index in [1.807, 2.05) is 60.7 Å². The molecule has 1 amide bonds. The molecule has 1 heterocycles. The predicted molar refractivity (Wildman–Crippen MR) is 130 cm³/mol. The Morgan fingerprint density at radius 2 is 1.48 bits per heavy atom. The minimum absolute atomic E-state index is 0.318. The van der Waals surface area contributed by atoms with Crippen LogP contribution in [0.5, 0.6) is 5.75 Å². The van der Waals surface area contributed by atoms with Crippen LogP contribution >= 0.6 is 11.6 Å². The van der Waals surface area contributed by atoms with Crippen molar-refractivity contribution in [2.45, 2.75) is 13.2 Å². The number of benzene rings is 4. The lowest BCUT2D eigenvalue weighted by Crippen LogP contribution is -2.29. The van der Waals surface area contributed by atoms with Crippen molar-refractivity contribution < 1.29 is 14.3 Å². The van der Waals surface area contributed by atoms with E-state index in [9.17, 15) is 9.59 Å². The Morgan fingerprint density at radius 1 is 0.727 bits per heavy atom. The Kier molecular flexibility index (Phi) is 5.68. The molecule has 162 valence electrons. The van der Waals surface area contributed by atoms with Gasteiger partial charge in [0.2, 0.25) is 0 Å². The largest absolute Gasteiger partial charge is 0.489 e. The highest BCUT2D eigenvalue weighted by Crippen LogP contribution is 2.34. The lowest BCUT2D eigenvalue weighted by Gasteiger charge is -2.17. The van der Waals surface area contributed by atoms with E-state index in [-0.39, 0.29) is 0 Å². The third kappa shape index (κ3) is 4.38. The molecular formula is C28H20ClNO3. The number of carbonyl (C=O) groups is 2. The Hall–Kier alpha value is -3.89. The maximum Gasteiger partial charge on any atom is 0.299 e. The van der Waals surface area contributed by atoms with Crippen molar-refractivity contribution in [2.75, 3.05) is 4.90 Å². The van der Waals surface area contributed by atoms with Crippen molar-refractivity contribution in [1.29, 1.82) is 0 Å². The summed E-state index contributed by atoms with van der Waals surface area (Å²) in [7, 11) is 0. The molecule has 0 unspecified atom stereocenters. The number of nitrogens with zero attached hydrogens (tertiary/aromatic N) is 1. The van der Waals surface area contributed by atoms with Crippen LogP contribution in [0, 0.1) is 0 Å². The number of ketones is 1. The lowest BCUT2D eigenvalue weighted by atomic mass is 10.0. The monoisotopic (exact) mass is 453 g/mol. The highest BCUT2D eigenvalue weighted by molar-refractivity contribution is 6.52. The molecule has 4 aromatic carbocycles. The van der Waals surface area contributed by atoms with Gasteiger partial charge in [-0.15, -0.1) is 0 Å². The number of rotatable bonds is 6. The molecule has 5 rings (SSSR count). The Bertz CT molecular complexity index is 1330. The van der Waals surface area contributed by atoms with Crippen LogP contribution in [-0.4, -0.2) is 11.7 Å². The molecule has 0 spiro atoms. The summed E-state index contributed by atoms with van der Waals surface area (Å²) in [5.74, 6) is -0.507. The zero-order valence-corrected chi connectivity index (χ0v) is 18.5. The summed E-state index contributed by atoms with van der Waals surface area (Å²) < 4.78 is 5.82. The standard InChI is InChI=1S/C28H20ClNO3/c29-23-8-4-5-20(15-23)18-33-24-13-14-26-25(16-24)27(31)28(32)30(26)17-19-9-11-22(12-10-19)21-6-2-1-3-7-21/h1-16H,17-18H2. The van der Waals surface area contributed by atoms with E-state index in [0.717, 1.165) is 22.3 Å². The van der Waals surface area contributed by atoms with Crippen LogP contribution in [0.3, 0.4) is 0 Å². The number of fused-ring (bicyclic) bond motifs is 1. The zero-order chi connectivity index (χ0) is 22.8. The van der Waals surface area contributed by atoms with Crippen LogP contribution in [0.15, 0.2) is 97.1 Å². The van der Waals surface area contributed by atoms with E-state index in [0.29, 0.717) is 35.2 Å². The summed E-state index contributed by atoms with van der Waals surface area (Å²) in [5, 5.41) is 0.637. The number of carbonyl (C=O) groups excluding carboxylic acids is 2. The number of ether oxygens (including phenoxy) is 1. The summed E-state index contributed by atoms with van der Waals surface area (Å²) in [6.45, 7) is 0.647. The van der Waals surface area contributed by atoms with E-state index in [1.165, 1.54) is 4.90 Å². The van der Waals surface area contributed by atoms with Crippen LogP contribution in [0.2, 0.25) is 5.02 Å². The number of amides is 1. The Labute approximate surface area is 197 Å². The van der Waals surface area contributed by atoms with Gasteiger partial charge in [-0.25, -0.2) is 0 Å². The molecule has 0 bridgehead atoms. The van der Waals surface area contributed by atoms with E-state index >= 15 is 0 Å². The molecule has 1 aliphatic heterocycles. The first-order valence-corrected chi connectivity index (χ1v) is 11.0. The quantitative estimate of drug-likeness (QED) is 0.321. The van der Waals surface area contributed by atoms with Gasteiger partial charge in [-0.3, -0.25) is 9.59 Å². The summed E-state index contributed by atoms with van der Waals surface area (Å²) in [5.41, 5.74) is 5.07. The molecule has 5 heteroatoms. The second kappa shape index (κ2) is 8.93. The van der Waals surface area contributed by atoms with Crippen LogP contribution in [0.1, 0.15) is 21.5 Å². The second-order valence-electron chi connectivity index (χ2n) is 7.88. The molecule has 4 aromatic rings. The van der Waals surface area contributed by atoms with Crippen LogP contribution in [-0.2, 0) is 17.9 Å². The fraction of sp³-hybridized carbons (Fsp3) is 0.0714. The van der Waals surface area contributed by atoms with Gasteiger partial charge in [0.25, 0.3) is 11.7 Å². The van der Waals surface area contributed by atoms with Gasteiger partial charge in [-0.05, 0) is 52.6 Å². The molecule has 0 aliphatic carbocycles. The van der Waals surface area contributed by atoms with Gasteiger partial charge in [0.15, 0.2) is 0 Å². The predicted octanol–water partition coefficient (Wildman–Crippen LogP) is 6.32. The first kappa shape index (κ1) is 21.0. The summed E-state index contributed by atoms with van der Waals surface area (Å²) >= 11 is 6.02. The molecule has 0 aromatic heterocycles. The van der Waals surface area contributed by atoms with E-state index < -0.39 is 11.7 Å². The SMILES string of the molecule is O=C1C(=O)N(Cc2ccc(-c3ccccc3)cc2)c2ccc(OCc3cccc(Cl)c3)cc21. The molecule has 0 fully saturated rings. The first-order valence-electron chi connectivity index (χ1n) is 10.6. The van der Waals surface area contributed by atoms with Gasteiger partial charge in [0.1, 0.15) is 12.4 Å². The minimum Gasteiger partial charge on any atom is -0.489 e. The van der Waals surface area contributed by atoms with Gasteiger partial charge < -0.3 is 9.64 Å². The fourth-order valence-corrected chi connectivity index (χ4v) is 4.15. The summed E-state index contributed by atoms with van der Waals surface area (Å²) in [4.78, 5) is 26.9. The lowest BCUT2D eigenvalue weighted by molar-refractivity contribution is -0.114. The number of anilines is 1. The third-order valence-corrected chi connectivity index (χ3v) is 5.87. The zero-order valence-electron chi connectivity index (χ0n) is 17.7. The number of hydrogen-bond donors (Lipinski definition) is 0. The van der Waals surface area contributed by atoms with Gasteiger partial charge in [0.05, 0.1) is 17.8 Å². The Morgan fingerprint density at radius 3 is 2.24 bits per heavy atom. The van der Waals surface area contributed by atoms with Gasteiger partial charge in [0, 0.05) is 5.02 Å². The topological polar surface area (TPSA) is 46.6 Å². The van der Waals surface area contributed by atoms with Crippen molar-refractivity contribution >= 4 is 29.0 Å². The second-order valence-corrected chi connectivity index (χ2v) is 8.32. The number of halogens is 1. The first-order chi connectivity index (χ1) is 16.1. The van der Waals surface area contributed by atoms with Gasteiger partial charge >= 0.3 is 0 Å². The van der Waals surface area contributed by atoms with Crippen molar-refractivity contribution in [3.05, 3.63) is 119 Å². The maximum atomic E-state index is 12.7. The molecule has 4 nitrogen and oxygen atoms in total. The Balaban J connectivity index is 1.32. The van der Waals surface area contributed by atoms with Gasteiger partial charge in [-0.1, -0.05) is 78.3 Å². The molecular weight excluding hydrogens is 434 g/mol. The summed E-state index contributed by atoms with van der Waals surface area (Å²) in [6, 6.07) is 30.7. The highest BCUT2D eigenvalue weighted by atomic mass is 35.5. The van der Waals surface area contributed by atoms with Crippen molar-refractivity contribution in [3.8, 4) is 16.9 Å².